The van der Waals surface area contributed by atoms with E-state index in [1.54, 1.807) is 0 Å². The molecule has 0 unspecified atom stereocenters. The van der Waals surface area contributed by atoms with Crippen molar-refractivity contribution < 1.29 is 25.3 Å². The Morgan fingerprint density at radius 2 is 1.89 bits per heavy atom. The molecule has 0 heterocycles. The van der Waals surface area contributed by atoms with E-state index in [2.05, 4.69) is 10.0 Å². The van der Waals surface area contributed by atoms with Gasteiger partial charge in [0, 0.05) is 10.6 Å². The molecule has 0 aliphatic rings. The van der Waals surface area contributed by atoms with Gasteiger partial charge in [0.05, 0.1) is 0 Å². The quantitative estimate of drug-likeness (QED) is 0.212. The molecule has 0 saturated heterocycles. The molecule has 0 spiro atoms. The van der Waals surface area contributed by atoms with Crippen LogP contribution in [0.3, 0.4) is 0 Å². The van der Waals surface area contributed by atoms with Crippen molar-refractivity contribution in [1.29, 1.82) is 0 Å². The first kappa shape index (κ1) is 14.3. The SMILES string of the molecule is [N-]=[N+]=Nc1cc(CS(=O)(=O)F)cc([B-](F)(F)F)c1. The van der Waals surface area contributed by atoms with E-state index in [1.165, 1.54) is 0 Å². The molecule has 0 aromatic heterocycles. The largest absolute Gasteiger partial charge is 0.509 e. The maximum Gasteiger partial charge on any atom is 0.509 e. The highest BCUT2D eigenvalue weighted by Crippen LogP contribution is 2.20. The van der Waals surface area contributed by atoms with Crippen LogP contribution < -0.4 is 5.46 Å². The van der Waals surface area contributed by atoms with Crippen molar-refractivity contribution >= 4 is 28.4 Å². The number of hydrogen-bond donors (Lipinski definition) is 0. The van der Waals surface area contributed by atoms with Gasteiger partial charge in [-0.15, -0.1) is 9.35 Å². The Hall–Kier alpha value is -1.74. The topological polar surface area (TPSA) is 82.9 Å². The lowest BCUT2D eigenvalue weighted by atomic mass is 9.79. The van der Waals surface area contributed by atoms with E-state index in [-0.39, 0.29) is 0 Å². The fourth-order valence-corrected chi connectivity index (χ4v) is 1.85. The van der Waals surface area contributed by atoms with Crippen molar-refractivity contribution in [3.8, 4) is 0 Å². The Balaban J connectivity index is 3.35. The second-order valence-corrected chi connectivity index (χ2v) is 4.75. The molecule has 1 aromatic rings. The fourth-order valence-electron chi connectivity index (χ4n) is 1.28. The van der Waals surface area contributed by atoms with Crippen LogP contribution in [0, 0.1) is 0 Å². The van der Waals surface area contributed by atoms with Crippen LogP contribution in [0.5, 0.6) is 0 Å². The Morgan fingerprint density at radius 3 is 2.33 bits per heavy atom. The molecule has 0 aliphatic heterocycles. The highest BCUT2D eigenvalue weighted by molar-refractivity contribution is 7.85. The minimum atomic E-state index is -5.41. The first-order valence-electron chi connectivity index (χ1n) is 4.43. The van der Waals surface area contributed by atoms with Crippen LogP contribution >= 0.6 is 0 Å². The molecule has 0 aliphatic carbocycles. The number of benzene rings is 1. The Morgan fingerprint density at radius 1 is 1.28 bits per heavy atom. The second-order valence-electron chi connectivity index (χ2n) is 3.38. The lowest BCUT2D eigenvalue weighted by Crippen LogP contribution is -2.34. The molecule has 1 rings (SSSR count). The lowest BCUT2D eigenvalue weighted by Gasteiger charge is -2.16. The molecule has 0 bridgehead atoms. The standard InChI is InChI=1S/C7H5BF4N3O2S/c9-8(10,11)6-1-5(4-18(12,16)17)2-7(3-6)14-15-13/h1-3H,4H2/q-1. The average Bonchev–Trinajstić information content (AvgIpc) is 2.13. The van der Waals surface area contributed by atoms with Crippen LogP contribution in [0.15, 0.2) is 23.3 Å². The van der Waals surface area contributed by atoms with Crippen LogP contribution in [0.25, 0.3) is 10.4 Å². The summed E-state index contributed by atoms with van der Waals surface area (Å²) in [4.78, 5) is 2.29. The third-order valence-electron chi connectivity index (χ3n) is 1.88. The van der Waals surface area contributed by atoms with Gasteiger partial charge in [0.25, 0.3) is 0 Å². The van der Waals surface area contributed by atoms with Gasteiger partial charge in [0.2, 0.25) is 0 Å². The molecule has 0 N–H and O–H groups in total. The summed E-state index contributed by atoms with van der Waals surface area (Å²) >= 11 is 0. The van der Waals surface area contributed by atoms with E-state index in [0.717, 1.165) is 6.07 Å². The second kappa shape index (κ2) is 4.87. The van der Waals surface area contributed by atoms with E-state index in [9.17, 15) is 25.3 Å². The highest BCUT2D eigenvalue weighted by Gasteiger charge is 2.26. The van der Waals surface area contributed by atoms with Crippen molar-refractivity contribution in [2.45, 2.75) is 5.75 Å². The van der Waals surface area contributed by atoms with Gasteiger partial charge < -0.3 is 12.9 Å². The zero-order valence-electron chi connectivity index (χ0n) is 8.59. The summed E-state index contributed by atoms with van der Waals surface area (Å²) in [6.07, 6.45) is 0. The van der Waals surface area contributed by atoms with Gasteiger partial charge in [-0.2, -0.15) is 8.42 Å². The maximum absolute atomic E-state index is 12.5. The van der Waals surface area contributed by atoms with Crippen molar-refractivity contribution in [3.63, 3.8) is 0 Å². The first-order valence-corrected chi connectivity index (χ1v) is 5.98. The highest BCUT2D eigenvalue weighted by atomic mass is 32.3. The van der Waals surface area contributed by atoms with E-state index in [4.69, 9.17) is 5.53 Å². The molecule has 1 aromatic carbocycles. The minimum Gasteiger partial charge on any atom is -0.445 e. The Labute approximate surface area is 99.3 Å². The minimum absolute atomic E-state index is 0.423. The number of azide groups is 1. The van der Waals surface area contributed by atoms with Gasteiger partial charge in [-0.3, -0.25) is 0 Å². The normalized spacial score (nSPS) is 12.0. The molecule has 0 fully saturated rings. The van der Waals surface area contributed by atoms with Crippen molar-refractivity contribution in [2.75, 3.05) is 0 Å². The third-order valence-corrected chi connectivity index (χ3v) is 2.56. The van der Waals surface area contributed by atoms with E-state index >= 15 is 0 Å². The third kappa shape index (κ3) is 4.26. The van der Waals surface area contributed by atoms with Crippen LogP contribution in [0.2, 0.25) is 0 Å². The summed E-state index contributed by atoms with van der Waals surface area (Å²) in [6, 6.07) is 1.95. The predicted molar refractivity (Wildman–Crippen MR) is 57.7 cm³/mol. The molecule has 0 saturated carbocycles. The number of hydrogen-bond acceptors (Lipinski definition) is 3. The number of halogens is 4. The Kier molecular flexibility index (Phi) is 3.87. The van der Waals surface area contributed by atoms with Gasteiger partial charge in [-0.1, -0.05) is 17.2 Å². The lowest BCUT2D eigenvalue weighted by molar-refractivity contribution is 0.500. The summed E-state index contributed by atoms with van der Waals surface area (Å²) < 4.78 is 70.7. The summed E-state index contributed by atoms with van der Waals surface area (Å²) in [5, 5.41) is 2.94. The van der Waals surface area contributed by atoms with Gasteiger partial charge >= 0.3 is 17.2 Å². The smallest absolute Gasteiger partial charge is 0.445 e. The Bertz CT molecular complexity index is 610. The van der Waals surface area contributed by atoms with E-state index < -0.39 is 39.7 Å². The average molecular weight is 282 g/mol. The zero-order chi connectivity index (χ0) is 14.0. The number of nitrogens with zero attached hydrogens (tertiary/aromatic N) is 3. The summed E-state index contributed by atoms with van der Waals surface area (Å²) in [5.74, 6) is -1.21. The van der Waals surface area contributed by atoms with E-state index in [0.29, 0.717) is 12.1 Å². The summed E-state index contributed by atoms with van der Waals surface area (Å²) in [6.45, 7) is -5.41. The monoisotopic (exact) mass is 282 g/mol. The van der Waals surface area contributed by atoms with E-state index in [1.807, 2.05) is 0 Å². The molecule has 5 nitrogen and oxygen atoms in total. The molecular formula is C7H5BF4N3O2S-. The molecule has 0 atom stereocenters. The van der Waals surface area contributed by atoms with Crippen molar-refractivity contribution in [2.24, 2.45) is 5.11 Å². The molecule has 98 valence electrons. The number of rotatable bonds is 4. The van der Waals surface area contributed by atoms with Crippen molar-refractivity contribution in [3.05, 3.63) is 34.2 Å². The molecule has 11 heteroatoms. The summed E-state index contributed by atoms with van der Waals surface area (Å²) in [7, 11) is -4.97. The van der Waals surface area contributed by atoms with Crippen LogP contribution in [0.4, 0.5) is 22.5 Å². The molecule has 0 radical (unpaired) electrons. The maximum atomic E-state index is 12.5. The zero-order valence-corrected chi connectivity index (χ0v) is 9.41. The molecule has 0 amide bonds. The molecule has 18 heavy (non-hydrogen) atoms. The van der Waals surface area contributed by atoms with Gasteiger partial charge in [0.1, 0.15) is 5.75 Å². The van der Waals surface area contributed by atoms with Crippen LogP contribution in [-0.2, 0) is 16.0 Å². The van der Waals surface area contributed by atoms with Gasteiger partial charge in [-0.05, 0) is 17.2 Å². The fraction of sp³-hybridized carbons (Fsp3) is 0.143. The predicted octanol–water partition coefficient (Wildman–Crippen LogP) is 2.48. The molecular weight excluding hydrogens is 277 g/mol. The van der Waals surface area contributed by atoms with Crippen LogP contribution in [-0.4, -0.2) is 15.4 Å². The summed E-state index contributed by atoms with van der Waals surface area (Å²) in [5.41, 5.74) is 6.12. The first-order chi connectivity index (χ1) is 8.12. The van der Waals surface area contributed by atoms with Gasteiger partial charge in [-0.25, -0.2) is 0 Å². The van der Waals surface area contributed by atoms with Crippen molar-refractivity contribution in [1.82, 2.24) is 0 Å². The van der Waals surface area contributed by atoms with Crippen LogP contribution in [0.1, 0.15) is 5.56 Å². The van der Waals surface area contributed by atoms with Gasteiger partial charge in [0.15, 0.2) is 0 Å².